The van der Waals surface area contributed by atoms with Crippen molar-refractivity contribution in [3.8, 4) is 0 Å². The first-order chi connectivity index (χ1) is 9.22. The van der Waals surface area contributed by atoms with Gasteiger partial charge in [-0.1, -0.05) is 12.8 Å². The van der Waals surface area contributed by atoms with Gasteiger partial charge < -0.3 is 9.80 Å². The number of thiol groups is 1. The van der Waals surface area contributed by atoms with E-state index in [0.29, 0.717) is 5.41 Å². The molecule has 0 N–H and O–H groups in total. The Hall–Kier alpha value is 0.270. The fourth-order valence-corrected chi connectivity index (χ4v) is 5.25. The van der Waals surface area contributed by atoms with Crippen molar-refractivity contribution in [2.45, 2.75) is 51.0 Å². The lowest BCUT2D eigenvalue weighted by molar-refractivity contribution is 0.0231. The number of piperidine rings is 2. The number of rotatable bonds is 3. The highest BCUT2D eigenvalue weighted by molar-refractivity contribution is 7.80. The summed E-state index contributed by atoms with van der Waals surface area (Å²) in [5, 5.41) is 0. The summed E-state index contributed by atoms with van der Waals surface area (Å²) in [6.45, 7) is 5.32. The van der Waals surface area contributed by atoms with E-state index in [2.05, 4.69) is 29.5 Å². The first-order valence-corrected chi connectivity index (χ1v) is 8.89. The maximum absolute atomic E-state index is 4.67. The molecule has 0 radical (unpaired) electrons. The van der Waals surface area contributed by atoms with Crippen LogP contribution in [-0.2, 0) is 0 Å². The van der Waals surface area contributed by atoms with Crippen LogP contribution >= 0.6 is 12.6 Å². The Morgan fingerprint density at radius 3 is 2.63 bits per heavy atom. The van der Waals surface area contributed by atoms with Crippen LogP contribution in [0.3, 0.4) is 0 Å². The van der Waals surface area contributed by atoms with Gasteiger partial charge in [-0.2, -0.15) is 12.6 Å². The molecule has 2 nitrogen and oxygen atoms in total. The van der Waals surface area contributed by atoms with Gasteiger partial charge in [0, 0.05) is 19.1 Å². The first-order valence-electron chi connectivity index (χ1n) is 8.26. The molecule has 0 aromatic rings. The summed E-state index contributed by atoms with van der Waals surface area (Å²) in [6, 6.07) is 0.875. The molecule has 2 unspecified atom stereocenters. The number of nitrogens with zero attached hydrogens (tertiary/aromatic N) is 2. The molecule has 2 heterocycles. The SMILES string of the molecule is CN1CCCC2CN(CC3(CS)CCCC3)CCC21. The lowest BCUT2D eigenvalue weighted by Gasteiger charge is -2.47. The maximum atomic E-state index is 4.67. The molecular formula is C16H30N2S. The van der Waals surface area contributed by atoms with E-state index in [4.69, 9.17) is 0 Å². The fraction of sp³-hybridized carbons (Fsp3) is 1.00. The van der Waals surface area contributed by atoms with Crippen LogP contribution in [0.2, 0.25) is 0 Å². The second-order valence-corrected chi connectivity index (χ2v) is 7.66. The summed E-state index contributed by atoms with van der Waals surface area (Å²) < 4.78 is 0. The summed E-state index contributed by atoms with van der Waals surface area (Å²) in [4.78, 5) is 5.40. The van der Waals surface area contributed by atoms with Crippen molar-refractivity contribution in [1.82, 2.24) is 9.80 Å². The molecule has 0 spiro atoms. The standard InChI is InChI=1S/C16H30N2S/c1-17-9-4-5-14-11-18(10-6-15(14)17)12-16(13-19)7-2-3-8-16/h14-15,19H,2-13H2,1H3. The predicted octanol–water partition coefficient (Wildman–Crippen LogP) is 2.89. The molecule has 1 saturated carbocycles. The van der Waals surface area contributed by atoms with Gasteiger partial charge in [-0.05, 0) is 69.3 Å². The minimum Gasteiger partial charge on any atom is -0.303 e. The minimum atomic E-state index is 0.552. The average Bonchev–Trinajstić information content (AvgIpc) is 2.88. The molecule has 110 valence electrons. The number of likely N-dealkylation sites (tertiary alicyclic amines) is 2. The van der Waals surface area contributed by atoms with Crippen molar-refractivity contribution in [1.29, 1.82) is 0 Å². The molecule has 3 aliphatic rings. The predicted molar refractivity (Wildman–Crippen MR) is 85.0 cm³/mol. The number of hydrogen-bond donors (Lipinski definition) is 1. The van der Waals surface area contributed by atoms with Crippen molar-refractivity contribution in [3.63, 3.8) is 0 Å². The van der Waals surface area contributed by atoms with E-state index in [1.807, 2.05) is 0 Å². The van der Waals surface area contributed by atoms with Gasteiger partial charge in [-0.3, -0.25) is 0 Å². The van der Waals surface area contributed by atoms with Gasteiger partial charge in [-0.15, -0.1) is 0 Å². The van der Waals surface area contributed by atoms with Crippen molar-refractivity contribution >= 4 is 12.6 Å². The Bertz CT molecular complexity index is 301. The van der Waals surface area contributed by atoms with Gasteiger partial charge in [-0.25, -0.2) is 0 Å². The van der Waals surface area contributed by atoms with Crippen LogP contribution in [0, 0.1) is 11.3 Å². The third kappa shape index (κ3) is 2.98. The molecule has 0 aromatic heterocycles. The second kappa shape index (κ2) is 5.95. The van der Waals surface area contributed by atoms with Crippen LogP contribution in [-0.4, -0.2) is 54.8 Å². The smallest absolute Gasteiger partial charge is 0.0145 e. The van der Waals surface area contributed by atoms with Crippen molar-refractivity contribution in [2.24, 2.45) is 11.3 Å². The topological polar surface area (TPSA) is 6.48 Å². The van der Waals surface area contributed by atoms with Gasteiger partial charge in [0.1, 0.15) is 0 Å². The van der Waals surface area contributed by atoms with E-state index in [-0.39, 0.29) is 0 Å². The highest BCUT2D eigenvalue weighted by Crippen LogP contribution is 2.41. The van der Waals surface area contributed by atoms with E-state index >= 15 is 0 Å². The lowest BCUT2D eigenvalue weighted by atomic mass is 9.82. The van der Waals surface area contributed by atoms with Crippen molar-refractivity contribution < 1.29 is 0 Å². The van der Waals surface area contributed by atoms with Crippen LogP contribution in [0.25, 0.3) is 0 Å². The molecule has 0 bridgehead atoms. The van der Waals surface area contributed by atoms with Gasteiger partial charge in [0.2, 0.25) is 0 Å². The molecule has 3 rings (SSSR count). The summed E-state index contributed by atoms with van der Waals surface area (Å²) in [6.07, 6.45) is 9.96. The molecule has 19 heavy (non-hydrogen) atoms. The average molecular weight is 282 g/mol. The van der Waals surface area contributed by atoms with Gasteiger partial charge in [0.05, 0.1) is 0 Å². The third-order valence-electron chi connectivity index (χ3n) is 5.99. The van der Waals surface area contributed by atoms with E-state index in [1.165, 1.54) is 71.1 Å². The zero-order chi connectivity index (χ0) is 13.3. The third-order valence-corrected chi connectivity index (χ3v) is 6.66. The molecule has 2 saturated heterocycles. The number of hydrogen-bond acceptors (Lipinski definition) is 3. The van der Waals surface area contributed by atoms with Gasteiger partial charge >= 0.3 is 0 Å². The second-order valence-electron chi connectivity index (χ2n) is 7.34. The molecule has 1 aliphatic carbocycles. The zero-order valence-electron chi connectivity index (χ0n) is 12.5. The Morgan fingerprint density at radius 1 is 1.11 bits per heavy atom. The Labute approximate surface area is 124 Å². The molecular weight excluding hydrogens is 252 g/mol. The van der Waals surface area contributed by atoms with E-state index in [1.54, 1.807) is 0 Å². The molecule has 0 aromatic carbocycles. The van der Waals surface area contributed by atoms with Gasteiger partial charge in [0.25, 0.3) is 0 Å². The molecule has 0 amide bonds. The first kappa shape index (κ1) is 14.2. The van der Waals surface area contributed by atoms with Crippen molar-refractivity contribution in [2.75, 3.05) is 39.0 Å². The van der Waals surface area contributed by atoms with Crippen LogP contribution in [0.5, 0.6) is 0 Å². The largest absolute Gasteiger partial charge is 0.303 e. The highest BCUT2D eigenvalue weighted by Gasteiger charge is 2.39. The van der Waals surface area contributed by atoms with Crippen LogP contribution < -0.4 is 0 Å². The quantitative estimate of drug-likeness (QED) is 0.795. The van der Waals surface area contributed by atoms with Crippen LogP contribution in [0.1, 0.15) is 44.9 Å². The Morgan fingerprint density at radius 2 is 1.89 bits per heavy atom. The molecule has 3 heteroatoms. The summed E-state index contributed by atoms with van der Waals surface area (Å²) in [7, 11) is 2.33. The molecule has 2 atom stereocenters. The monoisotopic (exact) mass is 282 g/mol. The Kier molecular flexibility index (Phi) is 4.45. The van der Waals surface area contributed by atoms with E-state index in [9.17, 15) is 0 Å². The molecule has 2 aliphatic heterocycles. The normalized spacial score (nSPS) is 36.3. The van der Waals surface area contributed by atoms with E-state index < -0.39 is 0 Å². The summed E-state index contributed by atoms with van der Waals surface area (Å²) >= 11 is 4.67. The number of fused-ring (bicyclic) bond motifs is 1. The van der Waals surface area contributed by atoms with Crippen LogP contribution in [0.4, 0.5) is 0 Å². The van der Waals surface area contributed by atoms with Gasteiger partial charge in [0.15, 0.2) is 0 Å². The zero-order valence-corrected chi connectivity index (χ0v) is 13.4. The fourth-order valence-electron chi connectivity index (χ4n) is 4.84. The highest BCUT2D eigenvalue weighted by atomic mass is 32.1. The van der Waals surface area contributed by atoms with Crippen molar-refractivity contribution in [3.05, 3.63) is 0 Å². The maximum Gasteiger partial charge on any atom is 0.0145 e. The Balaban J connectivity index is 1.58. The summed E-state index contributed by atoms with van der Waals surface area (Å²) in [5.74, 6) is 2.03. The summed E-state index contributed by atoms with van der Waals surface area (Å²) in [5.41, 5.74) is 0.552. The lowest BCUT2D eigenvalue weighted by Crippen LogP contribution is -2.54. The van der Waals surface area contributed by atoms with E-state index in [0.717, 1.165) is 17.7 Å². The molecule has 3 fully saturated rings. The van der Waals surface area contributed by atoms with Crippen LogP contribution in [0.15, 0.2) is 0 Å². The minimum absolute atomic E-state index is 0.552.